The fraction of sp³-hybridized carbons (Fsp3) is 0.235. The number of rotatable bonds is 2. The van der Waals surface area contributed by atoms with Gasteiger partial charge in [-0.25, -0.2) is 9.13 Å². The van der Waals surface area contributed by atoms with Gasteiger partial charge in [-0.1, -0.05) is 30.3 Å². The second kappa shape index (κ2) is 6.35. The van der Waals surface area contributed by atoms with Crippen LogP contribution in [0.5, 0.6) is 0 Å². The standard InChI is InChI=1S/C17H16F3N2.BrH/c1-12-21(2)15-9-8-14(17(18,19)20)10-16(15)22(12)11-13-6-4-3-5-7-13;/h3-10H,11H2,1-2H3;1H/q+1;/p-1. The van der Waals surface area contributed by atoms with Crippen molar-refractivity contribution in [3.8, 4) is 0 Å². The van der Waals surface area contributed by atoms with Crippen LogP contribution in [-0.2, 0) is 19.8 Å². The molecule has 3 aromatic rings. The van der Waals surface area contributed by atoms with Gasteiger partial charge in [0, 0.05) is 13.0 Å². The molecule has 0 aliphatic heterocycles. The van der Waals surface area contributed by atoms with Crippen molar-refractivity contribution in [1.82, 2.24) is 4.57 Å². The number of aromatic nitrogens is 2. The van der Waals surface area contributed by atoms with Gasteiger partial charge in [-0.05, 0) is 17.7 Å². The van der Waals surface area contributed by atoms with Gasteiger partial charge >= 0.3 is 6.18 Å². The van der Waals surface area contributed by atoms with Gasteiger partial charge < -0.3 is 17.0 Å². The molecule has 0 radical (unpaired) electrons. The average molecular weight is 385 g/mol. The number of benzene rings is 2. The molecular weight excluding hydrogens is 369 g/mol. The number of hydrogen-bond donors (Lipinski definition) is 0. The Kier molecular flexibility index (Phi) is 4.84. The molecule has 0 atom stereocenters. The molecule has 0 fully saturated rings. The molecule has 0 N–H and O–H groups in total. The van der Waals surface area contributed by atoms with Crippen LogP contribution in [-0.4, -0.2) is 4.57 Å². The minimum atomic E-state index is -4.33. The second-order valence-corrected chi connectivity index (χ2v) is 5.38. The van der Waals surface area contributed by atoms with Crippen LogP contribution in [0.15, 0.2) is 48.5 Å². The lowest BCUT2D eigenvalue weighted by Crippen LogP contribution is -3.00. The summed E-state index contributed by atoms with van der Waals surface area (Å²) in [6.45, 7) is 2.46. The molecule has 0 aliphatic carbocycles. The summed E-state index contributed by atoms with van der Waals surface area (Å²) in [5.74, 6) is 0.915. The van der Waals surface area contributed by atoms with Crippen LogP contribution >= 0.6 is 0 Å². The van der Waals surface area contributed by atoms with Crippen molar-refractivity contribution >= 4 is 11.0 Å². The third kappa shape index (κ3) is 3.27. The van der Waals surface area contributed by atoms with Crippen molar-refractivity contribution in [3.63, 3.8) is 0 Å². The van der Waals surface area contributed by atoms with E-state index in [2.05, 4.69) is 0 Å². The molecule has 1 heterocycles. The fourth-order valence-electron chi connectivity index (χ4n) is 2.69. The lowest BCUT2D eigenvalue weighted by molar-refractivity contribution is -0.652. The summed E-state index contributed by atoms with van der Waals surface area (Å²) in [5.41, 5.74) is 1.83. The van der Waals surface area contributed by atoms with Gasteiger partial charge in [0.25, 0.3) is 5.82 Å². The first-order valence-corrected chi connectivity index (χ1v) is 6.98. The van der Waals surface area contributed by atoms with Crippen LogP contribution in [0.25, 0.3) is 11.0 Å². The predicted molar refractivity (Wildman–Crippen MR) is 78.4 cm³/mol. The SMILES string of the molecule is Cc1n(Cc2ccccc2)c2cc(C(F)(F)F)ccc2[n+]1C.[Br-]. The zero-order chi connectivity index (χ0) is 15.9. The van der Waals surface area contributed by atoms with E-state index in [1.54, 1.807) is 0 Å². The van der Waals surface area contributed by atoms with E-state index >= 15 is 0 Å². The molecule has 0 saturated carbocycles. The Bertz CT molecular complexity index is 823. The van der Waals surface area contributed by atoms with Crippen molar-refractivity contribution in [2.75, 3.05) is 0 Å². The first-order chi connectivity index (χ1) is 10.4. The van der Waals surface area contributed by atoms with E-state index in [1.807, 2.05) is 53.4 Å². The van der Waals surface area contributed by atoms with E-state index in [-0.39, 0.29) is 17.0 Å². The maximum absolute atomic E-state index is 13.0. The largest absolute Gasteiger partial charge is 1.00 e. The molecule has 0 spiro atoms. The Balaban J connectivity index is 0.00000192. The smallest absolute Gasteiger partial charge is 0.416 e. The van der Waals surface area contributed by atoms with Crippen molar-refractivity contribution in [2.24, 2.45) is 7.05 Å². The third-order valence-corrected chi connectivity index (χ3v) is 4.01. The second-order valence-electron chi connectivity index (χ2n) is 5.38. The molecule has 2 aromatic carbocycles. The molecule has 0 bridgehead atoms. The van der Waals surface area contributed by atoms with Crippen LogP contribution in [0.3, 0.4) is 0 Å². The molecule has 0 aliphatic rings. The zero-order valence-electron chi connectivity index (χ0n) is 12.7. The molecule has 1 aromatic heterocycles. The highest BCUT2D eigenvalue weighted by Gasteiger charge is 2.32. The summed E-state index contributed by atoms with van der Waals surface area (Å²) >= 11 is 0. The number of hydrogen-bond acceptors (Lipinski definition) is 0. The summed E-state index contributed by atoms with van der Waals surface area (Å²) in [7, 11) is 1.87. The Hall–Kier alpha value is -1.82. The van der Waals surface area contributed by atoms with E-state index in [0.29, 0.717) is 12.1 Å². The van der Waals surface area contributed by atoms with Gasteiger partial charge in [-0.15, -0.1) is 0 Å². The van der Waals surface area contributed by atoms with Gasteiger partial charge in [0.2, 0.25) is 0 Å². The van der Waals surface area contributed by atoms with Gasteiger partial charge in [0.15, 0.2) is 11.0 Å². The maximum Gasteiger partial charge on any atom is 0.416 e. The third-order valence-electron chi connectivity index (χ3n) is 4.01. The van der Waals surface area contributed by atoms with Crippen LogP contribution in [0.2, 0.25) is 0 Å². The highest BCUT2D eigenvalue weighted by molar-refractivity contribution is 5.73. The van der Waals surface area contributed by atoms with Crippen LogP contribution < -0.4 is 21.5 Å². The molecule has 6 heteroatoms. The average Bonchev–Trinajstić information content (AvgIpc) is 2.72. The van der Waals surface area contributed by atoms with Gasteiger partial charge in [-0.2, -0.15) is 13.2 Å². The zero-order valence-corrected chi connectivity index (χ0v) is 14.3. The first kappa shape index (κ1) is 17.5. The fourth-order valence-corrected chi connectivity index (χ4v) is 2.69. The molecule has 3 rings (SSSR count). The number of imidazole rings is 1. The number of halogens is 4. The quantitative estimate of drug-likeness (QED) is 0.579. The molecule has 0 saturated heterocycles. The van der Waals surface area contributed by atoms with Crippen molar-refractivity contribution < 1.29 is 34.7 Å². The normalized spacial score (nSPS) is 11.5. The van der Waals surface area contributed by atoms with Crippen molar-refractivity contribution in [2.45, 2.75) is 19.6 Å². The van der Waals surface area contributed by atoms with Gasteiger partial charge in [-0.3, -0.25) is 0 Å². The van der Waals surface area contributed by atoms with E-state index in [9.17, 15) is 13.2 Å². The Morgan fingerprint density at radius 2 is 1.70 bits per heavy atom. The highest BCUT2D eigenvalue weighted by Crippen LogP contribution is 2.31. The Labute approximate surface area is 142 Å². The van der Waals surface area contributed by atoms with Crippen LogP contribution in [0.1, 0.15) is 17.0 Å². The molecule has 0 amide bonds. The summed E-state index contributed by atoms with van der Waals surface area (Å²) in [6.07, 6.45) is -4.33. The first-order valence-electron chi connectivity index (χ1n) is 6.98. The molecular formula is C17H16BrF3N2. The lowest BCUT2D eigenvalue weighted by Gasteiger charge is -2.06. The topological polar surface area (TPSA) is 8.81 Å². The minimum Gasteiger partial charge on any atom is -1.00 e. The van der Waals surface area contributed by atoms with Crippen LogP contribution in [0.4, 0.5) is 13.2 Å². The predicted octanol–water partition coefficient (Wildman–Crippen LogP) is 0.845. The van der Waals surface area contributed by atoms with E-state index in [4.69, 9.17) is 0 Å². The molecule has 0 unspecified atom stereocenters. The van der Waals surface area contributed by atoms with Gasteiger partial charge in [0.1, 0.15) is 6.54 Å². The Morgan fingerprint density at radius 1 is 1.04 bits per heavy atom. The number of nitrogens with zero attached hydrogens (tertiary/aromatic N) is 2. The summed E-state index contributed by atoms with van der Waals surface area (Å²) in [5, 5.41) is 0. The monoisotopic (exact) mass is 384 g/mol. The summed E-state index contributed by atoms with van der Waals surface area (Å²) < 4.78 is 42.7. The molecule has 2 nitrogen and oxygen atoms in total. The molecule has 23 heavy (non-hydrogen) atoms. The van der Waals surface area contributed by atoms with Crippen molar-refractivity contribution in [3.05, 3.63) is 65.5 Å². The van der Waals surface area contributed by atoms with E-state index < -0.39 is 11.7 Å². The summed E-state index contributed by atoms with van der Waals surface area (Å²) in [6, 6.07) is 13.6. The van der Waals surface area contributed by atoms with E-state index in [1.165, 1.54) is 12.1 Å². The molecule has 122 valence electrons. The minimum absolute atomic E-state index is 0. The van der Waals surface area contributed by atoms with Gasteiger partial charge in [0.05, 0.1) is 12.6 Å². The number of fused-ring (bicyclic) bond motifs is 1. The van der Waals surface area contributed by atoms with E-state index in [0.717, 1.165) is 23.0 Å². The lowest BCUT2D eigenvalue weighted by atomic mass is 10.2. The Morgan fingerprint density at radius 3 is 2.30 bits per heavy atom. The number of alkyl halides is 3. The summed E-state index contributed by atoms with van der Waals surface area (Å²) in [4.78, 5) is 0. The van der Waals surface area contributed by atoms with Crippen molar-refractivity contribution in [1.29, 1.82) is 0 Å². The highest BCUT2D eigenvalue weighted by atomic mass is 79.9. The maximum atomic E-state index is 13.0. The number of aryl methyl sites for hydroxylation is 1. The van der Waals surface area contributed by atoms with Crippen LogP contribution in [0, 0.1) is 6.92 Å².